The molecule has 44 heavy (non-hydrogen) atoms. The molecular weight excluding hydrogens is 738 g/mol. The van der Waals surface area contributed by atoms with Crippen molar-refractivity contribution in [3.8, 4) is 11.3 Å². The van der Waals surface area contributed by atoms with Crippen LogP contribution in [0.2, 0.25) is 0 Å². The maximum Gasteiger partial charge on any atom is 0.147 e. The van der Waals surface area contributed by atoms with E-state index in [9.17, 15) is 4.57 Å². The van der Waals surface area contributed by atoms with Crippen molar-refractivity contribution < 1.29 is 29.1 Å². The molecule has 0 saturated heterocycles. The third-order valence-corrected chi connectivity index (χ3v) is 10.5. The van der Waals surface area contributed by atoms with Gasteiger partial charge in [-0.1, -0.05) is 125 Å². The van der Waals surface area contributed by atoms with Gasteiger partial charge in [-0.05, 0) is 17.8 Å². The van der Waals surface area contributed by atoms with Crippen molar-refractivity contribution in [1.82, 2.24) is 4.98 Å². The molecule has 0 spiro atoms. The number of fused-ring (bicyclic) bond motifs is 4. The summed E-state index contributed by atoms with van der Waals surface area (Å²) in [7, 11) is -2.94. The van der Waals surface area contributed by atoms with E-state index in [-0.39, 0.29) is 20.1 Å². The Labute approximate surface area is 269 Å². The Morgan fingerprint density at radius 2 is 1.25 bits per heavy atom. The topological polar surface area (TPSA) is 43.1 Å². The Morgan fingerprint density at radius 1 is 0.614 bits per heavy atom. The van der Waals surface area contributed by atoms with Crippen molar-refractivity contribution in [2.24, 2.45) is 0 Å². The van der Waals surface area contributed by atoms with E-state index in [1.807, 2.05) is 146 Å². The standard InChI is InChI=1S/C22H16OP.C17H10NO.Ir/c23-24(20-11-3-1-4-12-20,21-13-5-2-6-14-21)22-16-15-18-9-7-8-10-19(18)17-22;1-2-10-16-12(6-1)13-7-5-8-14(17(13)19-16)15-9-3-4-11-18-15;/h1-15,17H;1-7,9-11H;/q2*-1;. The molecule has 2 aromatic heterocycles. The van der Waals surface area contributed by atoms with Gasteiger partial charge in [-0.2, -0.15) is 18.2 Å². The van der Waals surface area contributed by atoms with E-state index in [2.05, 4.69) is 23.2 Å². The van der Waals surface area contributed by atoms with E-state index in [0.717, 1.165) is 59.9 Å². The molecule has 5 heteroatoms. The summed E-state index contributed by atoms with van der Waals surface area (Å²) in [5.41, 5.74) is 3.54. The maximum absolute atomic E-state index is 14.2. The van der Waals surface area contributed by atoms with Crippen LogP contribution in [0.5, 0.6) is 0 Å². The van der Waals surface area contributed by atoms with Gasteiger partial charge in [-0.3, -0.25) is 0 Å². The van der Waals surface area contributed by atoms with Crippen molar-refractivity contribution >= 4 is 55.8 Å². The number of hydrogen-bond donors (Lipinski definition) is 0. The van der Waals surface area contributed by atoms with Gasteiger partial charge in [0.05, 0.1) is 5.58 Å². The number of pyridine rings is 1. The third kappa shape index (κ3) is 5.56. The molecular formula is C39H26IrNO2P-2. The predicted molar refractivity (Wildman–Crippen MR) is 178 cm³/mol. The van der Waals surface area contributed by atoms with Gasteiger partial charge in [0, 0.05) is 42.3 Å². The fourth-order valence-corrected chi connectivity index (χ4v) is 8.00. The Bertz CT molecular complexity index is 2170. The minimum absolute atomic E-state index is 0. The first kappa shape index (κ1) is 29.5. The van der Waals surface area contributed by atoms with Crippen LogP contribution in [0.25, 0.3) is 44.0 Å². The molecule has 0 saturated carbocycles. The van der Waals surface area contributed by atoms with Gasteiger partial charge in [0.15, 0.2) is 0 Å². The van der Waals surface area contributed by atoms with Crippen LogP contribution in [0.15, 0.2) is 162 Å². The summed E-state index contributed by atoms with van der Waals surface area (Å²) < 4.78 is 20.2. The Morgan fingerprint density at radius 3 is 1.95 bits per heavy atom. The summed E-state index contributed by atoms with van der Waals surface area (Å²) in [6, 6.07) is 55.8. The second-order valence-electron chi connectivity index (χ2n) is 10.1. The number of benzene rings is 6. The van der Waals surface area contributed by atoms with Crippen molar-refractivity contribution in [3.63, 3.8) is 0 Å². The van der Waals surface area contributed by atoms with Gasteiger partial charge in [-0.25, -0.2) is 0 Å². The first-order valence-corrected chi connectivity index (χ1v) is 15.8. The molecule has 0 N–H and O–H groups in total. The van der Waals surface area contributed by atoms with Gasteiger partial charge in [0.1, 0.15) is 12.7 Å². The summed E-state index contributed by atoms with van der Waals surface area (Å²) in [4.78, 5) is 4.38. The van der Waals surface area contributed by atoms with Crippen molar-refractivity contribution in [3.05, 3.63) is 170 Å². The molecule has 1 radical (unpaired) electrons. The predicted octanol–water partition coefficient (Wildman–Crippen LogP) is 8.73. The largest absolute Gasteiger partial charge is 0.501 e. The van der Waals surface area contributed by atoms with E-state index < -0.39 is 7.14 Å². The Hall–Kier alpha value is -4.59. The fraction of sp³-hybridized carbons (Fsp3) is 0. The quantitative estimate of drug-likeness (QED) is 0.133. The molecule has 0 aliphatic rings. The van der Waals surface area contributed by atoms with Gasteiger partial charge < -0.3 is 14.0 Å². The molecule has 0 aliphatic heterocycles. The number of rotatable bonds is 4. The van der Waals surface area contributed by atoms with Crippen LogP contribution in [-0.2, 0) is 24.7 Å². The zero-order chi connectivity index (χ0) is 29.1. The van der Waals surface area contributed by atoms with Crippen LogP contribution >= 0.6 is 7.14 Å². The molecule has 6 aromatic carbocycles. The summed E-state index contributed by atoms with van der Waals surface area (Å²) in [6.07, 6.45) is 1.78. The minimum atomic E-state index is -2.94. The average Bonchev–Trinajstić information content (AvgIpc) is 3.48. The monoisotopic (exact) mass is 764 g/mol. The summed E-state index contributed by atoms with van der Waals surface area (Å²) >= 11 is 0. The second-order valence-corrected chi connectivity index (χ2v) is 12.9. The zero-order valence-electron chi connectivity index (χ0n) is 23.6. The van der Waals surface area contributed by atoms with Crippen molar-refractivity contribution in [2.75, 3.05) is 0 Å². The number of furan rings is 1. The smallest absolute Gasteiger partial charge is 0.147 e. The number of aromatic nitrogens is 1. The van der Waals surface area contributed by atoms with Gasteiger partial charge in [0.25, 0.3) is 0 Å². The maximum atomic E-state index is 14.2. The van der Waals surface area contributed by atoms with Crippen LogP contribution in [0, 0.1) is 12.1 Å². The first-order chi connectivity index (χ1) is 21.2. The molecule has 8 rings (SSSR count). The summed E-state index contributed by atoms with van der Waals surface area (Å²) in [6.45, 7) is 0. The van der Waals surface area contributed by atoms with Crippen molar-refractivity contribution in [2.45, 2.75) is 0 Å². The molecule has 0 aliphatic carbocycles. The molecule has 3 nitrogen and oxygen atoms in total. The van der Waals surface area contributed by atoms with Crippen LogP contribution in [0.1, 0.15) is 0 Å². The number of hydrogen-bond acceptors (Lipinski definition) is 3. The first-order valence-electron chi connectivity index (χ1n) is 14.1. The molecule has 0 amide bonds. The fourth-order valence-electron chi connectivity index (χ4n) is 5.39. The van der Waals surface area contributed by atoms with Gasteiger partial charge in [-0.15, -0.1) is 35.0 Å². The Kier molecular flexibility index (Phi) is 8.68. The summed E-state index contributed by atoms with van der Waals surface area (Å²) in [5.74, 6) is 0. The minimum Gasteiger partial charge on any atom is -0.501 e. The Balaban J connectivity index is 0.000000156. The van der Waals surface area contributed by atoms with Gasteiger partial charge in [0.2, 0.25) is 0 Å². The normalized spacial score (nSPS) is 11.1. The van der Waals surface area contributed by atoms with Crippen molar-refractivity contribution in [1.29, 1.82) is 0 Å². The van der Waals surface area contributed by atoms with E-state index in [1.54, 1.807) is 6.20 Å². The van der Waals surface area contributed by atoms with Crippen LogP contribution < -0.4 is 15.9 Å². The van der Waals surface area contributed by atoms with Gasteiger partial charge >= 0.3 is 0 Å². The van der Waals surface area contributed by atoms with E-state index in [4.69, 9.17) is 4.42 Å². The van der Waals surface area contributed by atoms with E-state index >= 15 is 0 Å². The summed E-state index contributed by atoms with van der Waals surface area (Å²) in [5, 5.41) is 6.84. The average molecular weight is 764 g/mol. The third-order valence-electron chi connectivity index (χ3n) is 7.50. The second kappa shape index (κ2) is 13.0. The molecule has 0 atom stereocenters. The number of nitrogens with zero attached hydrogens (tertiary/aromatic N) is 1. The molecule has 2 heterocycles. The zero-order valence-corrected chi connectivity index (χ0v) is 26.8. The van der Waals surface area contributed by atoms with Crippen LogP contribution in [0.4, 0.5) is 0 Å². The number of para-hydroxylation sites is 1. The molecule has 0 bridgehead atoms. The SMILES string of the molecule is O=P(c1[c-]cc2ccccc2c1)(c1ccccc1)c1ccccc1.[Ir].[c-]1ccc2c(oc3ccccc32)c1-c1ccccn1. The molecule has 8 aromatic rings. The van der Waals surface area contributed by atoms with E-state index in [1.165, 1.54) is 0 Å². The molecule has 0 fully saturated rings. The van der Waals surface area contributed by atoms with Crippen LogP contribution in [-0.4, -0.2) is 4.98 Å². The van der Waals surface area contributed by atoms with Crippen LogP contribution in [0.3, 0.4) is 0 Å². The van der Waals surface area contributed by atoms with E-state index in [0.29, 0.717) is 0 Å². The molecule has 215 valence electrons. The molecule has 0 unspecified atom stereocenters.